The van der Waals surface area contributed by atoms with Crippen molar-refractivity contribution >= 4 is 10.8 Å². The molecule has 1 saturated heterocycles. The van der Waals surface area contributed by atoms with Crippen LogP contribution in [0.3, 0.4) is 0 Å². The highest BCUT2D eigenvalue weighted by atomic mass is 32.2. The highest BCUT2D eigenvalue weighted by molar-refractivity contribution is 7.84. The summed E-state index contributed by atoms with van der Waals surface area (Å²) < 4.78 is 11.8. The fourth-order valence-corrected chi connectivity index (χ4v) is 3.25. The second kappa shape index (κ2) is 5.37. The Kier molecular flexibility index (Phi) is 3.86. The van der Waals surface area contributed by atoms with Crippen molar-refractivity contribution < 1.29 is 4.21 Å². The van der Waals surface area contributed by atoms with Crippen LogP contribution < -0.4 is 5.32 Å². The van der Waals surface area contributed by atoms with E-state index in [9.17, 15) is 4.21 Å². The molecule has 4 heteroatoms. The molecule has 0 amide bonds. The third kappa shape index (κ3) is 3.39. The molecule has 0 aliphatic carbocycles. The molecule has 1 aromatic heterocycles. The highest BCUT2D eigenvalue weighted by Crippen LogP contribution is 2.08. The Morgan fingerprint density at radius 2 is 2.53 bits per heavy atom. The zero-order valence-corrected chi connectivity index (χ0v) is 9.50. The molecular weight excluding hydrogens is 208 g/mol. The summed E-state index contributed by atoms with van der Waals surface area (Å²) in [5, 5.41) is 3.36. The first kappa shape index (κ1) is 10.8. The van der Waals surface area contributed by atoms with Gasteiger partial charge in [-0.25, -0.2) is 0 Å². The maximum absolute atomic E-state index is 11.8. The molecule has 2 atom stereocenters. The molecule has 3 nitrogen and oxygen atoms in total. The van der Waals surface area contributed by atoms with Crippen LogP contribution in [0.1, 0.15) is 18.4 Å². The predicted octanol–water partition coefficient (Wildman–Crippen LogP) is 1.08. The summed E-state index contributed by atoms with van der Waals surface area (Å²) in [5.74, 6) is 1.40. The maximum Gasteiger partial charge on any atom is 0.0501 e. The van der Waals surface area contributed by atoms with Crippen LogP contribution in [0.5, 0.6) is 0 Å². The van der Waals surface area contributed by atoms with Crippen molar-refractivity contribution in [1.29, 1.82) is 0 Å². The van der Waals surface area contributed by atoms with Gasteiger partial charge in [0.1, 0.15) is 0 Å². The molecule has 1 N–H and O–H groups in total. The van der Waals surface area contributed by atoms with E-state index in [0.717, 1.165) is 17.9 Å². The summed E-state index contributed by atoms with van der Waals surface area (Å²) in [6.07, 6.45) is 5.92. The van der Waals surface area contributed by atoms with Gasteiger partial charge in [0.25, 0.3) is 0 Å². The largest absolute Gasteiger partial charge is 0.313 e. The first-order valence-electron chi connectivity index (χ1n) is 5.32. The summed E-state index contributed by atoms with van der Waals surface area (Å²) in [5.41, 5.74) is 1.06. The Labute approximate surface area is 92.8 Å². The second-order valence-electron chi connectivity index (χ2n) is 3.91. The maximum atomic E-state index is 11.8. The Morgan fingerprint density at radius 3 is 3.20 bits per heavy atom. The van der Waals surface area contributed by atoms with E-state index in [0.29, 0.717) is 11.8 Å². The van der Waals surface area contributed by atoms with Crippen LogP contribution >= 0.6 is 0 Å². The molecule has 0 aromatic carbocycles. The van der Waals surface area contributed by atoms with Crippen molar-refractivity contribution in [2.45, 2.75) is 24.6 Å². The summed E-state index contributed by atoms with van der Waals surface area (Å²) in [6.45, 7) is 1.08. The zero-order valence-electron chi connectivity index (χ0n) is 8.69. The lowest BCUT2D eigenvalue weighted by molar-refractivity contribution is 0.643. The van der Waals surface area contributed by atoms with Crippen LogP contribution in [0, 0.1) is 0 Å². The van der Waals surface area contributed by atoms with Gasteiger partial charge in [-0.15, -0.1) is 0 Å². The van der Waals surface area contributed by atoms with Crippen molar-refractivity contribution in [3.8, 4) is 0 Å². The minimum absolute atomic E-state index is 0.461. The molecule has 2 heterocycles. The average molecular weight is 224 g/mol. The molecule has 1 aliphatic rings. The molecule has 2 rings (SSSR count). The first-order chi connectivity index (χ1) is 7.34. The summed E-state index contributed by atoms with van der Waals surface area (Å²) in [6, 6.07) is 4.33. The normalized spacial score (nSPS) is 22.8. The molecule has 0 spiro atoms. The second-order valence-corrected chi connectivity index (χ2v) is 5.41. The standard InChI is InChI=1S/C11H16N2OS/c14-15(9-11-4-2-6-13-11)8-10-3-1-5-12-7-10/h1,3,5,7,11,13H,2,4,6,8-9H2. The lowest BCUT2D eigenvalue weighted by Crippen LogP contribution is -2.27. The molecule has 0 radical (unpaired) electrons. The van der Waals surface area contributed by atoms with Crippen molar-refractivity contribution in [3.05, 3.63) is 30.1 Å². The SMILES string of the molecule is O=S(Cc1cccnc1)CC1CCCN1. The fourth-order valence-electron chi connectivity index (χ4n) is 1.85. The predicted molar refractivity (Wildman–Crippen MR) is 62.0 cm³/mol. The van der Waals surface area contributed by atoms with Gasteiger partial charge < -0.3 is 5.32 Å². The quantitative estimate of drug-likeness (QED) is 0.832. The van der Waals surface area contributed by atoms with Crippen LogP contribution in [-0.4, -0.2) is 27.5 Å². The van der Waals surface area contributed by atoms with Crippen LogP contribution in [-0.2, 0) is 16.6 Å². The van der Waals surface area contributed by atoms with Crippen molar-refractivity contribution in [2.24, 2.45) is 0 Å². The Balaban J connectivity index is 1.82. The van der Waals surface area contributed by atoms with Crippen LogP contribution in [0.4, 0.5) is 0 Å². The van der Waals surface area contributed by atoms with E-state index in [2.05, 4.69) is 10.3 Å². The van der Waals surface area contributed by atoms with Crippen molar-refractivity contribution in [2.75, 3.05) is 12.3 Å². The van der Waals surface area contributed by atoms with E-state index < -0.39 is 10.8 Å². The van der Waals surface area contributed by atoms with E-state index in [1.54, 1.807) is 12.4 Å². The van der Waals surface area contributed by atoms with Gasteiger partial charge in [0, 0.05) is 35.0 Å². The first-order valence-corrected chi connectivity index (χ1v) is 6.80. The minimum Gasteiger partial charge on any atom is -0.313 e. The molecule has 0 saturated carbocycles. The molecule has 82 valence electrons. The number of pyridine rings is 1. The van der Waals surface area contributed by atoms with E-state index in [4.69, 9.17) is 0 Å². The van der Waals surface area contributed by atoms with Crippen molar-refractivity contribution in [3.63, 3.8) is 0 Å². The lowest BCUT2D eigenvalue weighted by atomic mass is 10.3. The van der Waals surface area contributed by atoms with Gasteiger partial charge in [0.15, 0.2) is 0 Å². The number of nitrogens with zero attached hydrogens (tertiary/aromatic N) is 1. The molecule has 15 heavy (non-hydrogen) atoms. The van der Waals surface area contributed by atoms with Crippen LogP contribution in [0.25, 0.3) is 0 Å². The Morgan fingerprint density at radius 1 is 1.60 bits per heavy atom. The van der Waals surface area contributed by atoms with E-state index >= 15 is 0 Å². The van der Waals surface area contributed by atoms with E-state index in [1.165, 1.54) is 12.8 Å². The van der Waals surface area contributed by atoms with Crippen molar-refractivity contribution in [1.82, 2.24) is 10.3 Å². The number of hydrogen-bond acceptors (Lipinski definition) is 3. The average Bonchev–Trinajstić information content (AvgIpc) is 2.71. The molecule has 1 fully saturated rings. The highest BCUT2D eigenvalue weighted by Gasteiger charge is 2.16. The Bertz CT molecular complexity index is 323. The number of aromatic nitrogens is 1. The minimum atomic E-state index is -0.763. The van der Waals surface area contributed by atoms with Gasteiger partial charge in [-0.1, -0.05) is 6.07 Å². The fraction of sp³-hybridized carbons (Fsp3) is 0.545. The third-order valence-electron chi connectivity index (χ3n) is 2.60. The van der Waals surface area contributed by atoms with E-state index in [1.807, 2.05) is 12.1 Å². The van der Waals surface area contributed by atoms with Gasteiger partial charge in [-0.3, -0.25) is 9.19 Å². The summed E-state index contributed by atoms with van der Waals surface area (Å²) in [4.78, 5) is 4.02. The number of rotatable bonds is 4. The number of hydrogen-bond donors (Lipinski definition) is 1. The van der Waals surface area contributed by atoms with E-state index in [-0.39, 0.29) is 0 Å². The lowest BCUT2D eigenvalue weighted by Gasteiger charge is -2.09. The Hall–Kier alpha value is -0.740. The molecule has 0 bridgehead atoms. The van der Waals surface area contributed by atoms with Gasteiger partial charge >= 0.3 is 0 Å². The van der Waals surface area contributed by atoms with Crippen LogP contribution in [0.15, 0.2) is 24.5 Å². The smallest absolute Gasteiger partial charge is 0.0501 e. The zero-order chi connectivity index (χ0) is 10.5. The summed E-state index contributed by atoms with van der Waals surface area (Å²) in [7, 11) is -0.763. The van der Waals surface area contributed by atoms with Gasteiger partial charge in [0.2, 0.25) is 0 Å². The molecule has 1 aliphatic heterocycles. The van der Waals surface area contributed by atoms with Gasteiger partial charge in [-0.2, -0.15) is 0 Å². The third-order valence-corrected chi connectivity index (χ3v) is 4.03. The monoisotopic (exact) mass is 224 g/mol. The molecule has 2 unspecified atom stereocenters. The molecular formula is C11H16N2OS. The van der Waals surface area contributed by atoms with Gasteiger partial charge in [-0.05, 0) is 31.0 Å². The van der Waals surface area contributed by atoms with Gasteiger partial charge in [0.05, 0.1) is 5.75 Å². The van der Waals surface area contributed by atoms with Crippen LogP contribution in [0.2, 0.25) is 0 Å². The summed E-state index contributed by atoms with van der Waals surface area (Å²) >= 11 is 0. The molecule has 1 aromatic rings. The number of nitrogens with one attached hydrogen (secondary N) is 1. The topological polar surface area (TPSA) is 42.0 Å².